The number of rotatable bonds is 7. The average Bonchev–Trinajstić information content (AvgIpc) is 3.54. The molecule has 0 radical (unpaired) electrons. The van der Waals surface area contributed by atoms with Gasteiger partial charge in [-0.05, 0) is 29.5 Å². The van der Waals surface area contributed by atoms with E-state index in [-0.39, 0.29) is 36.2 Å². The Balaban J connectivity index is 1.48. The first-order valence-corrected chi connectivity index (χ1v) is 11.5. The van der Waals surface area contributed by atoms with E-state index >= 15 is 0 Å². The number of nitrogens with zero attached hydrogens (tertiary/aromatic N) is 2. The lowest BCUT2D eigenvalue weighted by Gasteiger charge is -2.40. The van der Waals surface area contributed by atoms with Gasteiger partial charge in [-0.3, -0.25) is 4.79 Å². The molecular formula is C28H28N2O3. The van der Waals surface area contributed by atoms with Crippen molar-refractivity contribution in [1.82, 2.24) is 9.80 Å². The van der Waals surface area contributed by atoms with Crippen LogP contribution in [-0.4, -0.2) is 46.0 Å². The van der Waals surface area contributed by atoms with E-state index in [1.165, 1.54) is 12.5 Å². The lowest BCUT2D eigenvalue weighted by Crippen LogP contribution is -2.57. The van der Waals surface area contributed by atoms with Crippen LogP contribution >= 0.6 is 0 Å². The molecule has 2 aliphatic heterocycles. The largest absolute Gasteiger partial charge is 0.458 e. The summed E-state index contributed by atoms with van der Waals surface area (Å²) in [5.74, 6) is -0.308. The Morgan fingerprint density at radius 3 is 1.76 bits per heavy atom. The summed E-state index contributed by atoms with van der Waals surface area (Å²) in [5, 5.41) is 0. The Morgan fingerprint density at radius 1 is 0.758 bits per heavy atom. The van der Waals surface area contributed by atoms with Crippen molar-refractivity contribution in [1.29, 1.82) is 0 Å². The van der Waals surface area contributed by atoms with E-state index in [1.54, 1.807) is 0 Å². The molecule has 2 heterocycles. The molecule has 0 aliphatic carbocycles. The smallest absolute Gasteiger partial charge is 0.321 e. The van der Waals surface area contributed by atoms with Crippen molar-refractivity contribution in [3.05, 3.63) is 108 Å². The summed E-state index contributed by atoms with van der Waals surface area (Å²) in [6.07, 6.45) is 1.02. The van der Waals surface area contributed by atoms with E-state index in [9.17, 15) is 9.59 Å². The first-order chi connectivity index (χ1) is 16.1. The third-order valence-corrected chi connectivity index (χ3v) is 6.64. The number of benzene rings is 3. The highest BCUT2D eigenvalue weighted by Gasteiger charge is 2.63. The van der Waals surface area contributed by atoms with E-state index < -0.39 is 0 Å². The van der Waals surface area contributed by atoms with Crippen molar-refractivity contribution in [2.45, 2.75) is 50.5 Å². The van der Waals surface area contributed by atoms with Gasteiger partial charge in [-0.2, -0.15) is 0 Å². The second-order valence-electron chi connectivity index (χ2n) is 8.88. The normalized spacial score (nSPS) is 23.7. The van der Waals surface area contributed by atoms with E-state index in [0.29, 0.717) is 13.0 Å². The zero-order valence-electron chi connectivity index (χ0n) is 18.7. The maximum atomic E-state index is 13.7. The second-order valence-corrected chi connectivity index (χ2v) is 8.88. The third kappa shape index (κ3) is 4.49. The number of amides is 2. The molecule has 3 aromatic rings. The summed E-state index contributed by atoms with van der Waals surface area (Å²) < 4.78 is 5.94. The highest BCUT2D eigenvalue weighted by molar-refractivity contribution is 5.81. The number of hydrogen-bond donors (Lipinski definition) is 0. The van der Waals surface area contributed by atoms with Gasteiger partial charge in [0.1, 0.15) is 6.10 Å². The van der Waals surface area contributed by atoms with Crippen molar-refractivity contribution >= 4 is 12.0 Å². The molecule has 0 saturated carbocycles. The number of ether oxygens (including phenoxy) is 1. The van der Waals surface area contributed by atoms with Gasteiger partial charge in [0.05, 0.1) is 18.1 Å². The number of carbonyl (C=O) groups is 2. The summed E-state index contributed by atoms with van der Waals surface area (Å²) in [4.78, 5) is 29.7. The van der Waals surface area contributed by atoms with Crippen molar-refractivity contribution in [2.24, 2.45) is 0 Å². The minimum Gasteiger partial charge on any atom is -0.458 e. The molecular weight excluding hydrogens is 412 g/mol. The molecule has 0 unspecified atom stereocenters. The van der Waals surface area contributed by atoms with E-state index in [1.807, 2.05) is 76.5 Å². The first-order valence-electron chi connectivity index (χ1n) is 11.5. The van der Waals surface area contributed by atoms with E-state index in [0.717, 1.165) is 17.5 Å². The standard InChI is InChI=1S/C28H28N2O3/c1-20(31)33-27-25(18-22-13-7-3-8-14-22)29(19-23-15-9-4-10-16-23)28(32)30-24(26(27)30)17-21-11-5-2-6-12-21/h2-16,24-27H,17-19H2,1H3/t24-,25-,26-,27+,30?/m1/s1. The molecule has 2 saturated heterocycles. The Bertz CT molecular complexity index is 1100. The summed E-state index contributed by atoms with van der Waals surface area (Å²) in [6.45, 7) is 1.94. The van der Waals surface area contributed by atoms with Crippen LogP contribution < -0.4 is 0 Å². The summed E-state index contributed by atoms with van der Waals surface area (Å²) in [6, 6.07) is 30.0. The number of fused-ring (bicyclic) bond motifs is 1. The maximum Gasteiger partial charge on any atom is 0.321 e. The number of urea groups is 1. The lowest BCUT2D eigenvalue weighted by atomic mass is 9.94. The fourth-order valence-electron chi connectivity index (χ4n) is 5.10. The van der Waals surface area contributed by atoms with Gasteiger partial charge in [0.2, 0.25) is 0 Å². The van der Waals surface area contributed by atoms with Crippen LogP contribution in [0.15, 0.2) is 91.0 Å². The Kier molecular flexibility index (Phi) is 5.86. The van der Waals surface area contributed by atoms with Gasteiger partial charge in [-0.25, -0.2) is 4.79 Å². The van der Waals surface area contributed by atoms with Crippen LogP contribution in [0.25, 0.3) is 0 Å². The van der Waals surface area contributed by atoms with Gasteiger partial charge >= 0.3 is 12.0 Å². The highest BCUT2D eigenvalue weighted by atomic mass is 16.5. The van der Waals surface area contributed by atoms with Gasteiger partial charge in [-0.1, -0.05) is 91.0 Å². The number of carbonyl (C=O) groups excluding carboxylic acids is 2. The van der Waals surface area contributed by atoms with Crippen molar-refractivity contribution in [3.8, 4) is 0 Å². The van der Waals surface area contributed by atoms with Crippen molar-refractivity contribution < 1.29 is 14.3 Å². The molecule has 2 amide bonds. The zero-order chi connectivity index (χ0) is 22.8. The van der Waals surface area contributed by atoms with Crippen molar-refractivity contribution in [3.63, 3.8) is 0 Å². The zero-order valence-corrected chi connectivity index (χ0v) is 18.7. The molecule has 168 valence electrons. The second kappa shape index (κ2) is 9.10. The molecule has 3 aromatic carbocycles. The number of hydrogen-bond acceptors (Lipinski definition) is 3. The van der Waals surface area contributed by atoms with Crippen LogP contribution in [0.2, 0.25) is 0 Å². The van der Waals surface area contributed by atoms with Crippen LogP contribution in [0.5, 0.6) is 0 Å². The molecule has 2 aliphatic rings. The van der Waals surface area contributed by atoms with E-state index in [4.69, 9.17) is 4.74 Å². The molecule has 0 N–H and O–H groups in total. The van der Waals surface area contributed by atoms with Gasteiger partial charge in [0.15, 0.2) is 0 Å². The van der Waals surface area contributed by atoms with Crippen LogP contribution in [0.3, 0.4) is 0 Å². The summed E-state index contributed by atoms with van der Waals surface area (Å²) in [5.41, 5.74) is 3.37. The molecule has 4 atom stereocenters. The quantitative estimate of drug-likeness (QED) is 0.403. The predicted molar refractivity (Wildman–Crippen MR) is 126 cm³/mol. The fraction of sp³-hybridized carbons (Fsp3) is 0.286. The molecule has 33 heavy (non-hydrogen) atoms. The third-order valence-electron chi connectivity index (χ3n) is 6.64. The highest BCUT2D eigenvalue weighted by Crippen LogP contribution is 2.43. The average molecular weight is 441 g/mol. The molecule has 5 rings (SSSR count). The van der Waals surface area contributed by atoms with Crippen LogP contribution in [-0.2, 0) is 28.9 Å². The fourth-order valence-corrected chi connectivity index (χ4v) is 5.10. The maximum absolute atomic E-state index is 13.7. The van der Waals surface area contributed by atoms with Crippen LogP contribution in [0.4, 0.5) is 4.79 Å². The lowest BCUT2D eigenvalue weighted by molar-refractivity contribution is -0.151. The van der Waals surface area contributed by atoms with E-state index in [2.05, 4.69) is 24.3 Å². The van der Waals surface area contributed by atoms with Gasteiger partial charge < -0.3 is 14.5 Å². The Morgan fingerprint density at radius 2 is 1.24 bits per heavy atom. The molecule has 5 heteroatoms. The van der Waals surface area contributed by atoms with Crippen molar-refractivity contribution in [2.75, 3.05) is 0 Å². The number of esters is 1. The molecule has 0 bridgehead atoms. The van der Waals surface area contributed by atoms with Crippen LogP contribution in [0, 0.1) is 0 Å². The topological polar surface area (TPSA) is 49.6 Å². The molecule has 2 fully saturated rings. The molecule has 0 aromatic heterocycles. The Labute approximate surface area is 194 Å². The first kappa shape index (κ1) is 21.3. The van der Waals surface area contributed by atoms with Gasteiger partial charge in [0.25, 0.3) is 0 Å². The SMILES string of the molecule is CC(=O)O[C@@H]1[C@H]2[C@@H](Cc3ccccc3)N2C(=O)N(Cc2ccccc2)[C@@H]1Cc1ccccc1. The molecule has 0 spiro atoms. The molecule has 5 nitrogen and oxygen atoms in total. The summed E-state index contributed by atoms with van der Waals surface area (Å²) >= 11 is 0. The Hall–Kier alpha value is -3.60. The van der Waals surface area contributed by atoms with Crippen LogP contribution in [0.1, 0.15) is 23.6 Å². The predicted octanol–water partition coefficient (Wildman–Crippen LogP) is 4.46. The minimum absolute atomic E-state index is 0.0223. The van der Waals surface area contributed by atoms with Gasteiger partial charge in [-0.15, -0.1) is 0 Å². The van der Waals surface area contributed by atoms with Gasteiger partial charge in [0, 0.05) is 13.5 Å². The minimum atomic E-state index is -0.377. The summed E-state index contributed by atoms with van der Waals surface area (Å²) in [7, 11) is 0. The monoisotopic (exact) mass is 440 g/mol.